The minimum Gasteiger partial charge on any atom is -0.342 e. The molecule has 2 fully saturated rings. The molecule has 1 amide bonds. The number of anilines is 1. The second-order valence-corrected chi connectivity index (χ2v) is 11.4. The van der Waals surface area contributed by atoms with Gasteiger partial charge in [-0.2, -0.15) is 13.2 Å². The number of hydrogen-bond donors (Lipinski definition) is 0. The Morgan fingerprint density at radius 1 is 1.17 bits per heavy atom. The molecule has 0 spiro atoms. The molecule has 1 unspecified atom stereocenters. The summed E-state index contributed by atoms with van der Waals surface area (Å²) in [4.78, 5) is 19.0. The van der Waals surface area contributed by atoms with Crippen LogP contribution in [0.3, 0.4) is 0 Å². The van der Waals surface area contributed by atoms with E-state index in [1.165, 1.54) is 0 Å². The molecule has 2 saturated heterocycles. The molecule has 12 heteroatoms. The van der Waals surface area contributed by atoms with Crippen LogP contribution in [0.25, 0.3) is 0 Å². The minimum atomic E-state index is -4.51. The lowest BCUT2D eigenvalue weighted by molar-refractivity contribution is -0.139. The first-order chi connectivity index (χ1) is 14.2. The minimum absolute atomic E-state index is 0.0515. The number of nitrogens with zero attached hydrogens (tertiary/aromatic N) is 4. The van der Waals surface area contributed by atoms with Crippen LogP contribution in [0.5, 0.6) is 0 Å². The number of piperazine rings is 1. The fourth-order valence-electron chi connectivity index (χ4n) is 3.83. The maximum atomic E-state index is 13.3. The zero-order chi connectivity index (χ0) is 21.5. The Morgan fingerprint density at radius 3 is 2.50 bits per heavy atom. The molecule has 2 aliphatic heterocycles. The fourth-order valence-corrected chi connectivity index (χ4v) is 6.86. The number of hydrogen-bond acceptors (Lipinski definition) is 7. The highest BCUT2D eigenvalue weighted by Gasteiger charge is 2.39. The summed E-state index contributed by atoms with van der Waals surface area (Å²) in [6.07, 6.45) is -3.28. The third kappa shape index (κ3) is 4.54. The van der Waals surface area contributed by atoms with E-state index in [0.29, 0.717) is 55.3 Å². The molecule has 30 heavy (non-hydrogen) atoms. The van der Waals surface area contributed by atoms with Gasteiger partial charge in [-0.3, -0.25) is 9.00 Å². The Labute approximate surface area is 182 Å². The molecule has 0 aliphatic carbocycles. The van der Waals surface area contributed by atoms with Crippen molar-refractivity contribution in [3.8, 4) is 0 Å². The molecule has 2 aromatic heterocycles. The Morgan fingerprint density at radius 2 is 1.90 bits per heavy atom. The Hall–Kier alpha value is -1.53. The van der Waals surface area contributed by atoms with Gasteiger partial charge in [-0.05, 0) is 31.9 Å². The van der Waals surface area contributed by atoms with E-state index in [-0.39, 0.29) is 23.0 Å². The number of halogens is 3. The molecule has 0 aromatic carbocycles. The van der Waals surface area contributed by atoms with Gasteiger partial charge in [-0.15, -0.1) is 21.5 Å². The Balaban J connectivity index is 1.56. The SMILES string of the molecule is Cc1ccc(C2CN(c3nnc(C(F)(F)F)s3)CCN2C(=O)C2CCS(=O)CC2)s1. The van der Waals surface area contributed by atoms with E-state index in [0.717, 1.165) is 9.75 Å². The van der Waals surface area contributed by atoms with Crippen molar-refractivity contribution in [3.05, 3.63) is 26.9 Å². The summed E-state index contributed by atoms with van der Waals surface area (Å²) < 4.78 is 50.4. The number of alkyl halides is 3. The molecule has 0 saturated carbocycles. The topological polar surface area (TPSA) is 66.4 Å². The molecule has 1 atom stereocenters. The standard InChI is InChI=1S/C18H21F3N4O2S3/c1-11-2-3-14(28-11)13-10-24(17-23-22-16(29-17)18(19,20)21)6-7-25(13)15(26)12-4-8-30(27)9-5-12/h2-3,12-13H,4-10H2,1H3. The highest BCUT2D eigenvalue weighted by atomic mass is 32.2. The first-order valence-corrected chi connectivity index (χ1v) is 12.7. The maximum absolute atomic E-state index is 13.3. The maximum Gasteiger partial charge on any atom is 0.445 e. The van der Waals surface area contributed by atoms with Crippen molar-refractivity contribution in [2.45, 2.75) is 32.0 Å². The molecule has 4 heterocycles. The van der Waals surface area contributed by atoms with Crippen LogP contribution in [0.4, 0.5) is 18.3 Å². The predicted molar refractivity (Wildman–Crippen MR) is 111 cm³/mol. The van der Waals surface area contributed by atoms with Gasteiger partial charge in [0, 0.05) is 57.6 Å². The lowest BCUT2D eigenvalue weighted by Crippen LogP contribution is -2.52. The zero-order valence-corrected chi connectivity index (χ0v) is 18.7. The van der Waals surface area contributed by atoms with Gasteiger partial charge in [-0.1, -0.05) is 11.3 Å². The molecule has 0 N–H and O–H groups in total. The number of carbonyl (C=O) groups is 1. The molecule has 4 rings (SSSR count). The first kappa shape index (κ1) is 21.7. The highest BCUT2D eigenvalue weighted by molar-refractivity contribution is 7.85. The van der Waals surface area contributed by atoms with Crippen LogP contribution in [-0.4, -0.2) is 56.4 Å². The van der Waals surface area contributed by atoms with Crippen LogP contribution < -0.4 is 4.90 Å². The Kier molecular flexibility index (Phi) is 6.18. The average Bonchev–Trinajstić information content (AvgIpc) is 3.37. The number of rotatable bonds is 3. The number of carbonyl (C=O) groups excluding carboxylic acids is 1. The van der Waals surface area contributed by atoms with Gasteiger partial charge in [-0.25, -0.2) is 0 Å². The average molecular weight is 479 g/mol. The number of amides is 1. The second kappa shape index (κ2) is 8.54. The van der Waals surface area contributed by atoms with Crippen molar-refractivity contribution in [1.29, 1.82) is 0 Å². The van der Waals surface area contributed by atoms with E-state index in [2.05, 4.69) is 10.2 Å². The predicted octanol–water partition coefficient (Wildman–Crippen LogP) is 3.48. The fraction of sp³-hybridized carbons (Fsp3) is 0.611. The van der Waals surface area contributed by atoms with Gasteiger partial charge in [0.25, 0.3) is 0 Å². The lowest BCUT2D eigenvalue weighted by atomic mass is 9.98. The molecule has 2 aliphatic rings. The monoisotopic (exact) mass is 478 g/mol. The summed E-state index contributed by atoms with van der Waals surface area (Å²) in [5, 5.41) is 6.30. The van der Waals surface area contributed by atoms with Gasteiger partial charge in [0.1, 0.15) is 0 Å². The van der Waals surface area contributed by atoms with Crippen molar-refractivity contribution in [2.75, 3.05) is 36.0 Å². The Bertz CT molecular complexity index is 935. The van der Waals surface area contributed by atoms with E-state index in [4.69, 9.17) is 0 Å². The van der Waals surface area contributed by atoms with Crippen molar-refractivity contribution in [3.63, 3.8) is 0 Å². The van der Waals surface area contributed by atoms with E-state index in [9.17, 15) is 22.2 Å². The van der Waals surface area contributed by atoms with Crippen LogP contribution >= 0.6 is 22.7 Å². The van der Waals surface area contributed by atoms with Crippen LogP contribution in [0, 0.1) is 12.8 Å². The lowest BCUT2D eigenvalue weighted by Gasteiger charge is -2.42. The van der Waals surface area contributed by atoms with Gasteiger partial charge in [0.15, 0.2) is 0 Å². The van der Waals surface area contributed by atoms with Crippen LogP contribution in [0.1, 0.15) is 33.6 Å². The third-order valence-electron chi connectivity index (χ3n) is 5.42. The smallest absolute Gasteiger partial charge is 0.342 e. The van der Waals surface area contributed by atoms with Gasteiger partial charge in [0.05, 0.1) is 6.04 Å². The number of thiophene rings is 1. The summed E-state index contributed by atoms with van der Waals surface area (Å²) in [6.45, 7) is 3.16. The van der Waals surface area contributed by atoms with Crippen LogP contribution in [-0.2, 0) is 21.8 Å². The third-order valence-corrected chi connectivity index (χ3v) is 8.93. The van der Waals surface area contributed by atoms with Crippen molar-refractivity contribution >= 4 is 44.5 Å². The summed E-state index contributed by atoms with van der Waals surface area (Å²) in [7, 11) is -0.842. The van der Waals surface area contributed by atoms with E-state index in [1.54, 1.807) is 16.2 Å². The van der Waals surface area contributed by atoms with E-state index < -0.39 is 22.0 Å². The normalized spacial score (nSPS) is 25.5. The van der Waals surface area contributed by atoms with Gasteiger partial charge in [0.2, 0.25) is 16.0 Å². The quantitative estimate of drug-likeness (QED) is 0.676. The molecule has 6 nitrogen and oxygen atoms in total. The van der Waals surface area contributed by atoms with Crippen LogP contribution in [0.2, 0.25) is 0 Å². The van der Waals surface area contributed by atoms with Gasteiger partial charge < -0.3 is 9.80 Å². The zero-order valence-electron chi connectivity index (χ0n) is 16.2. The van der Waals surface area contributed by atoms with Gasteiger partial charge >= 0.3 is 6.18 Å². The summed E-state index contributed by atoms with van der Waals surface area (Å²) in [5.74, 6) is 1.00. The largest absolute Gasteiger partial charge is 0.445 e. The van der Waals surface area contributed by atoms with Crippen molar-refractivity contribution in [2.24, 2.45) is 5.92 Å². The number of aromatic nitrogens is 2. The highest BCUT2D eigenvalue weighted by Crippen LogP contribution is 2.38. The molecule has 164 valence electrons. The van der Waals surface area contributed by atoms with Crippen molar-refractivity contribution in [1.82, 2.24) is 15.1 Å². The number of aryl methyl sites for hydroxylation is 1. The van der Waals surface area contributed by atoms with Crippen molar-refractivity contribution < 1.29 is 22.2 Å². The molecular weight excluding hydrogens is 457 g/mol. The molecule has 0 bridgehead atoms. The first-order valence-electron chi connectivity index (χ1n) is 9.60. The summed E-state index contributed by atoms with van der Waals surface area (Å²) in [5.41, 5.74) is 0. The van der Waals surface area contributed by atoms with E-state index >= 15 is 0 Å². The molecule has 2 aromatic rings. The molecular formula is C18H21F3N4O2S3. The summed E-state index contributed by atoms with van der Waals surface area (Å²) in [6, 6.07) is 3.71. The molecule has 0 radical (unpaired) electrons. The van der Waals surface area contributed by atoms with Crippen LogP contribution in [0.15, 0.2) is 12.1 Å². The second-order valence-electron chi connectivity index (χ2n) is 7.45. The summed E-state index contributed by atoms with van der Waals surface area (Å²) >= 11 is 2.12. The van der Waals surface area contributed by atoms with E-state index in [1.807, 2.05) is 24.0 Å².